The molecule has 1 N–H and O–H groups in total. The molecular formula is C16H19NO4. The molecule has 21 heavy (non-hydrogen) atoms. The van der Waals surface area contributed by atoms with Crippen molar-refractivity contribution in [2.24, 2.45) is 5.41 Å². The van der Waals surface area contributed by atoms with Crippen molar-refractivity contribution < 1.29 is 19.5 Å². The second-order valence-corrected chi connectivity index (χ2v) is 6.51. The van der Waals surface area contributed by atoms with Crippen LogP contribution >= 0.6 is 0 Å². The minimum absolute atomic E-state index is 0.256. The van der Waals surface area contributed by atoms with Gasteiger partial charge in [0.05, 0.1) is 23.6 Å². The molecule has 0 radical (unpaired) electrons. The monoisotopic (exact) mass is 289 g/mol. The fourth-order valence-corrected chi connectivity index (χ4v) is 2.61. The summed E-state index contributed by atoms with van der Waals surface area (Å²) in [4.78, 5) is 37.3. The summed E-state index contributed by atoms with van der Waals surface area (Å²) in [6.07, 6.45) is -0.256. The van der Waals surface area contributed by atoms with E-state index >= 15 is 0 Å². The molecule has 1 aliphatic rings. The Bertz CT molecular complexity index is 628. The van der Waals surface area contributed by atoms with Crippen LogP contribution in [0.5, 0.6) is 0 Å². The van der Waals surface area contributed by atoms with E-state index < -0.39 is 29.2 Å². The smallest absolute Gasteiger partial charge is 0.305 e. The molecule has 2 rings (SSSR count). The van der Waals surface area contributed by atoms with Crippen molar-refractivity contribution >= 4 is 17.8 Å². The van der Waals surface area contributed by atoms with E-state index in [2.05, 4.69) is 0 Å². The lowest BCUT2D eigenvalue weighted by atomic mass is 9.83. The Morgan fingerprint density at radius 3 is 2.29 bits per heavy atom. The zero-order valence-corrected chi connectivity index (χ0v) is 12.6. The van der Waals surface area contributed by atoms with Gasteiger partial charge in [-0.1, -0.05) is 32.4 Å². The number of nitrogens with zero attached hydrogens (tertiary/aromatic N) is 1. The number of carboxylic acid groups (broad SMARTS) is 1. The van der Waals surface area contributed by atoms with Crippen molar-refractivity contribution in [3.63, 3.8) is 0 Å². The van der Waals surface area contributed by atoms with Crippen LogP contribution in [0.1, 0.15) is 53.5 Å². The van der Waals surface area contributed by atoms with E-state index in [1.807, 2.05) is 27.7 Å². The molecule has 0 spiro atoms. The number of carbonyl (C=O) groups is 3. The number of carboxylic acids is 1. The maximum absolute atomic E-state index is 12.5. The topological polar surface area (TPSA) is 74.7 Å². The van der Waals surface area contributed by atoms with Gasteiger partial charge in [0.25, 0.3) is 11.8 Å². The van der Waals surface area contributed by atoms with Crippen LogP contribution in [-0.2, 0) is 4.79 Å². The highest BCUT2D eigenvalue weighted by atomic mass is 16.4. The number of benzene rings is 1. The molecule has 5 nitrogen and oxygen atoms in total. The molecule has 1 atom stereocenters. The lowest BCUT2D eigenvalue weighted by Crippen LogP contribution is -2.48. The van der Waals surface area contributed by atoms with Gasteiger partial charge in [-0.05, 0) is 24.5 Å². The van der Waals surface area contributed by atoms with Gasteiger partial charge in [0.2, 0.25) is 0 Å². The predicted molar refractivity (Wildman–Crippen MR) is 77.2 cm³/mol. The number of hydrogen-bond donors (Lipinski definition) is 1. The predicted octanol–water partition coefficient (Wildman–Crippen LogP) is 2.48. The Balaban J connectivity index is 2.47. The highest BCUT2D eigenvalue weighted by Crippen LogP contribution is 2.34. The third-order valence-corrected chi connectivity index (χ3v) is 3.75. The van der Waals surface area contributed by atoms with E-state index in [1.165, 1.54) is 0 Å². The summed E-state index contributed by atoms with van der Waals surface area (Å²) in [6, 6.07) is 4.40. The fourth-order valence-electron chi connectivity index (χ4n) is 2.61. The van der Waals surface area contributed by atoms with Gasteiger partial charge in [-0.25, -0.2) is 0 Å². The number of rotatable bonds is 3. The van der Waals surface area contributed by atoms with Gasteiger partial charge in [0.1, 0.15) is 0 Å². The summed E-state index contributed by atoms with van der Waals surface area (Å²) in [6.45, 7) is 7.33. The fraction of sp³-hybridized carbons (Fsp3) is 0.438. The molecule has 1 aromatic carbocycles. The first-order valence-corrected chi connectivity index (χ1v) is 6.83. The van der Waals surface area contributed by atoms with Gasteiger partial charge in [-0.3, -0.25) is 19.3 Å². The summed E-state index contributed by atoms with van der Waals surface area (Å²) in [5.74, 6) is -1.83. The van der Waals surface area contributed by atoms with E-state index in [0.717, 1.165) is 10.5 Å². The first-order chi connectivity index (χ1) is 9.62. The maximum atomic E-state index is 12.5. The van der Waals surface area contributed by atoms with Gasteiger partial charge in [-0.15, -0.1) is 0 Å². The standard InChI is InChI=1S/C16H19NO4/c1-9-5-6-10-11(7-9)15(21)17(14(10)20)12(8-13(18)19)16(2,3)4/h5-7,12H,8H2,1-4H3,(H,18,19). The van der Waals surface area contributed by atoms with Crippen LogP contribution < -0.4 is 0 Å². The molecule has 0 saturated carbocycles. The summed E-state index contributed by atoms with van der Waals surface area (Å²) in [5, 5.41) is 9.09. The molecule has 2 amide bonds. The number of fused-ring (bicyclic) bond motifs is 1. The highest BCUT2D eigenvalue weighted by molar-refractivity contribution is 6.21. The number of imide groups is 1. The molecule has 0 saturated heterocycles. The second kappa shape index (κ2) is 4.98. The first-order valence-electron chi connectivity index (χ1n) is 6.83. The molecule has 0 bridgehead atoms. The van der Waals surface area contributed by atoms with Crippen molar-refractivity contribution in [2.45, 2.75) is 40.2 Å². The Hall–Kier alpha value is -2.17. The number of aryl methyl sites for hydroxylation is 1. The van der Waals surface area contributed by atoms with E-state index in [9.17, 15) is 14.4 Å². The summed E-state index contributed by atoms with van der Waals surface area (Å²) in [5.41, 5.74) is 1.09. The van der Waals surface area contributed by atoms with Crippen molar-refractivity contribution in [2.75, 3.05) is 0 Å². The average molecular weight is 289 g/mol. The van der Waals surface area contributed by atoms with Gasteiger partial charge in [0.15, 0.2) is 0 Å². The van der Waals surface area contributed by atoms with Crippen molar-refractivity contribution in [1.29, 1.82) is 0 Å². The summed E-state index contributed by atoms with van der Waals surface area (Å²) >= 11 is 0. The molecule has 0 aromatic heterocycles. The average Bonchev–Trinajstić information content (AvgIpc) is 2.57. The Morgan fingerprint density at radius 2 is 1.76 bits per heavy atom. The number of aliphatic carboxylic acids is 1. The summed E-state index contributed by atoms with van der Waals surface area (Å²) < 4.78 is 0. The molecule has 112 valence electrons. The van der Waals surface area contributed by atoms with Gasteiger partial charge in [0, 0.05) is 0 Å². The number of hydrogen-bond acceptors (Lipinski definition) is 3. The van der Waals surface area contributed by atoms with Gasteiger partial charge >= 0.3 is 5.97 Å². The van der Waals surface area contributed by atoms with E-state index in [0.29, 0.717) is 11.1 Å². The molecule has 1 heterocycles. The van der Waals surface area contributed by atoms with Crippen LogP contribution in [-0.4, -0.2) is 33.8 Å². The van der Waals surface area contributed by atoms with Gasteiger partial charge in [-0.2, -0.15) is 0 Å². The Labute approximate surface area is 123 Å². The highest BCUT2D eigenvalue weighted by Gasteiger charge is 2.44. The SMILES string of the molecule is Cc1ccc2c(c1)C(=O)N(C(CC(=O)O)C(C)(C)C)C2=O. The van der Waals surface area contributed by atoms with Crippen molar-refractivity contribution in [3.05, 3.63) is 34.9 Å². The lowest BCUT2D eigenvalue weighted by Gasteiger charge is -2.35. The minimum atomic E-state index is -1.03. The third-order valence-electron chi connectivity index (χ3n) is 3.75. The quantitative estimate of drug-likeness (QED) is 0.867. The van der Waals surface area contributed by atoms with Crippen LogP contribution in [0, 0.1) is 12.3 Å². The van der Waals surface area contributed by atoms with E-state index in [4.69, 9.17) is 5.11 Å². The van der Waals surface area contributed by atoms with Crippen LogP contribution in [0.4, 0.5) is 0 Å². The molecule has 0 aliphatic carbocycles. The lowest BCUT2D eigenvalue weighted by molar-refractivity contribution is -0.138. The van der Waals surface area contributed by atoms with E-state index in [-0.39, 0.29) is 6.42 Å². The van der Waals surface area contributed by atoms with Crippen molar-refractivity contribution in [1.82, 2.24) is 4.90 Å². The number of carbonyl (C=O) groups excluding carboxylic acids is 2. The number of amides is 2. The Morgan fingerprint density at radius 1 is 1.19 bits per heavy atom. The second-order valence-electron chi connectivity index (χ2n) is 6.51. The Kier molecular flexibility index (Phi) is 3.61. The first kappa shape index (κ1) is 15.2. The third kappa shape index (κ3) is 2.68. The minimum Gasteiger partial charge on any atom is -0.481 e. The van der Waals surface area contributed by atoms with Crippen LogP contribution in [0.3, 0.4) is 0 Å². The zero-order chi connectivity index (χ0) is 15.9. The van der Waals surface area contributed by atoms with E-state index in [1.54, 1.807) is 18.2 Å². The van der Waals surface area contributed by atoms with Crippen LogP contribution in [0.25, 0.3) is 0 Å². The normalized spacial score (nSPS) is 16.1. The van der Waals surface area contributed by atoms with Crippen LogP contribution in [0.15, 0.2) is 18.2 Å². The van der Waals surface area contributed by atoms with Crippen molar-refractivity contribution in [3.8, 4) is 0 Å². The molecule has 1 aliphatic heterocycles. The molecule has 1 aromatic rings. The molecule has 1 unspecified atom stereocenters. The molecule has 0 fully saturated rings. The maximum Gasteiger partial charge on any atom is 0.305 e. The molecular weight excluding hydrogens is 270 g/mol. The zero-order valence-electron chi connectivity index (χ0n) is 12.6. The van der Waals surface area contributed by atoms with Crippen LogP contribution in [0.2, 0.25) is 0 Å². The molecule has 5 heteroatoms. The summed E-state index contributed by atoms with van der Waals surface area (Å²) in [7, 11) is 0. The van der Waals surface area contributed by atoms with Gasteiger partial charge < -0.3 is 5.11 Å². The largest absolute Gasteiger partial charge is 0.481 e.